The fraction of sp³-hybridized carbons (Fsp3) is 0.921. The van der Waals surface area contributed by atoms with Gasteiger partial charge < -0.3 is 74.2 Å². The first kappa shape index (κ1) is 117. The smallest absolute Gasteiger partial charge is 0.327 e. The predicted molar refractivity (Wildman–Crippen MR) is 501 cm³/mol. The van der Waals surface area contributed by atoms with E-state index in [1.165, 1.54) is 135 Å². The quantitative estimate of drug-likeness (QED) is 0.00922. The molecule has 0 aromatic rings. The lowest BCUT2D eigenvalue weighted by atomic mass is 9.95. The number of amides is 2. The van der Waals surface area contributed by atoms with Crippen molar-refractivity contribution in [1.29, 1.82) is 0 Å². The van der Waals surface area contributed by atoms with Crippen LogP contribution in [-0.4, -0.2) is 172 Å². The molecule has 2 aliphatic rings. The van der Waals surface area contributed by atoms with Crippen LogP contribution >= 0.6 is 7.60 Å². The average molecular weight is 1800 g/mol. The molecule has 24 heteroatoms. The van der Waals surface area contributed by atoms with E-state index in [-0.39, 0.29) is 25.7 Å². The van der Waals surface area contributed by atoms with E-state index in [0.717, 1.165) is 219 Å². The molecule has 0 aliphatic carbocycles. The summed E-state index contributed by atoms with van der Waals surface area (Å²) in [5, 5.41) is 64.1. The number of aliphatic hydroxyl groups excluding tert-OH is 5. The molecular weight excluding hydrogens is 1610 g/mol. The lowest BCUT2D eigenvalue weighted by molar-refractivity contribution is -0.297. The highest BCUT2D eigenvalue weighted by Crippen LogP contribution is 2.42. The first-order chi connectivity index (χ1) is 60.6. The second-order valence-corrected chi connectivity index (χ2v) is 38.8. The minimum Gasteiger partial charge on any atom is -0.462 e. The van der Waals surface area contributed by atoms with Crippen LogP contribution in [-0.2, 0) is 71.0 Å². The number of unbranched alkanes of at least 4 members (excludes halogenated alkanes) is 53. The SMILES string of the molecule is CCCCCC/C=C\CCCCCCCC(=O)OC(CCCCCCCCCCC)CC(=O)NC1[C@H](OCC2OC(OP(C)(=O)O)C(NC(=O)CC(O)CCCCCCCCCCC)[C@@H](OC(=O)CC(O)CCCCCCCCCCC)[C@@H]2O)OC(CO)[C@@H](O)[C@@H]1OC(=O)CC(CCCCCCCCCCC)OC(=O)CCCCCCCCCCCCCCC. The Labute approximate surface area is 760 Å². The largest absolute Gasteiger partial charge is 0.462 e. The van der Waals surface area contributed by atoms with Crippen LogP contribution in [0.5, 0.6) is 0 Å². The second-order valence-electron chi connectivity index (χ2n) is 37.0. The van der Waals surface area contributed by atoms with E-state index in [1.54, 1.807) is 0 Å². The Morgan fingerprint density at radius 2 is 0.648 bits per heavy atom. The zero-order valence-corrected chi connectivity index (χ0v) is 81.3. The van der Waals surface area contributed by atoms with Crippen LogP contribution in [0.25, 0.3) is 0 Å². The summed E-state index contributed by atoms with van der Waals surface area (Å²) in [6, 6.07) is -3.37. The molecule has 2 amide bonds. The molecule has 8 N–H and O–H groups in total. The lowest BCUT2D eigenvalue weighted by Gasteiger charge is -2.46. The third-order valence-electron chi connectivity index (χ3n) is 24.8. The van der Waals surface area contributed by atoms with Crippen LogP contribution in [0, 0.1) is 0 Å². The lowest BCUT2D eigenvalue weighted by Crippen LogP contribution is -2.67. The molecule has 0 aromatic carbocycles. The number of ether oxygens (including phenoxy) is 7. The van der Waals surface area contributed by atoms with Crippen molar-refractivity contribution in [2.24, 2.45) is 0 Å². The summed E-state index contributed by atoms with van der Waals surface area (Å²) in [7, 11) is -4.62. The van der Waals surface area contributed by atoms with E-state index in [0.29, 0.717) is 57.8 Å². The van der Waals surface area contributed by atoms with Crippen molar-refractivity contribution in [3.63, 3.8) is 0 Å². The molecule has 2 aliphatic heterocycles. The third-order valence-corrected chi connectivity index (χ3v) is 25.4. The number of esters is 4. The van der Waals surface area contributed by atoms with E-state index in [1.807, 2.05) is 0 Å². The number of carbonyl (C=O) groups is 6. The van der Waals surface area contributed by atoms with Gasteiger partial charge in [-0.3, -0.25) is 37.9 Å². The molecule has 0 radical (unpaired) electrons. The molecule has 734 valence electrons. The molecular formula is C101H189N2O21P. The monoisotopic (exact) mass is 1800 g/mol. The number of rotatable bonds is 87. The van der Waals surface area contributed by atoms with Crippen LogP contribution in [0.2, 0.25) is 0 Å². The molecule has 2 fully saturated rings. The number of hydrogen-bond donors (Lipinski definition) is 8. The highest BCUT2D eigenvalue weighted by molar-refractivity contribution is 7.51. The van der Waals surface area contributed by atoms with Crippen molar-refractivity contribution in [2.45, 2.75) is 577 Å². The van der Waals surface area contributed by atoms with Gasteiger partial charge in [-0.25, -0.2) is 0 Å². The number of hydrogen-bond acceptors (Lipinski definition) is 20. The van der Waals surface area contributed by atoms with E-state index in [2.05, 4.69) is 64.3 Å². The Balaban J connectivity index is 2.71. The van der Waals surface area contributed by atoms with Crippen molar-refractivity contribution < 1.29 is 101 Å². The van der Waals surface area contributed by atoms with Crippen molar-refractivity contribution in [3.8, 4) is 0 Å². The molecule has 2 heterocycles. The summed E-state index contributed by atoms with van der Waals surface area (Å²) in [5.41, 5.74) is 0. The average Bonchev–Trinajstić information content (AvgIpc) is 0.785. The molecule has 2 rings (SSSR count). The fourth-order valence-electron chi connectivity index (χ4n) is 17.1. The Hall–Kier alpha value is -3.61. The van der Waals surface area contributed by atoms with E-state index < -0.39 is 161 Å². The molecule has 0 saturated carbocycles. The van der Waals surface area contributed by atoms with Gasteiger partial charge in [0, 0.05) is 19.5 Å². The zero-order valence-electron chi connectivity index (χ0n) is 80.4. The van der Waals surface area contributed by atoms with Gasteiger partial charge in [0.05, 0.1) is 51.1 Å². The molecule has 125 heavy (non-hydrogen) atoms. The van der Waals surface area contributed by atoms with Crippen LogP contribution in [0.15, 0.2) is 12.2 Å². The molecule has 10 unspecified atom stereocenters. The maximum absolute atomic E-state index is 15.1. The Kier molecular flexibility index (Phi) is 75.2. The number of allylic oxidation sites excluding steroid dienone is 2. The van der Waals surface area contributed by atoms with Crippen LogP contribution in [0.1, 0.15) is 491 Å². The van der Waals surface area contributed by atoms with Gasteiger partial charge in [-0.1, -0.05) is 388 Å². The first-order valence-corrected chi connectivity index (χ1v) is 53.9. The summed E-state index contributed by atoms with van der Waals surface area (Å²) < 4.78 is 63.0. The van der Waals surface area contributed by atoms with E-state index >= 15 is 4.79 Å². The van der Waals surface area contributed by atoms with Crippen LogP contribution in [0.3, 0.4) is 0 Å². The van der Waals surface area contributed by atoms with E-state index in [9.17, 15) is 59.0 Å². The number of aliphatic hydroxyl groups is 5. The summed E-state index contributed by atoms with van der Waals surface area (Å²) in [6.07, 6.45) is 49.4. The van der Waals surface area contributed by atoms with Crippen molar-refractivity contribution in [2.75, 3.05) is 19.9 Å². The van der Waals surface area contributed by atoms with Gasteiger partial charge in [0.25, 0.3) is 0 Å². The van der Waals surface area contributed by atoms with E-state index in [4.69, 9.17) is 37.7 Å². The summed E-state index contributed by atoms with van der Waals surface area (Å²) in [4.78, 5) is 97.0. The molecule has 2 saturated heterocycles. The number of carbonyl (C=O) groups excluding carboxylic acids is 6. The van der Waals surface area contributed by atoms with Gasteiger partial charge in [0.2, 0.25) is 11.8 Å². The minimum atomic E-state index is -4.62. The van der Waals surface area contributed by atoms with Gasteiger partial charge in [-0.15, -0.1) is 0 Å². The van der Waals surface area contributed by atoms with Crippen molar-refractivity contribution in [1.82, 2.24) is 10.6 Å². The summed E-state index contributed by atoms with van der Waals surface area (Å²) in [6.45, 7) is 12.4. The van der Waals surface area contributed by atoms with Gasteiger partial charge in [-0.2, -0.15) is 0 Å². The Morgan fingerprint density at radius 1 is 0.360 bits per heavy atom. The Bertz CT molecular complexity index is 2670. The van der Waals surface area contributed by atoms with Gasteiger partial charge in [0.1, 0.15) is 48.7 Å². The minimum absolute atomic E-state index is 0.147. The van der Waals surface area contributed by atoms with Crippen molar-refractivity contribution in [3.05, 3.63) is 12.2 Å². The second kappa shape index (κ2) is 80.1. The molecule has 0 aromatic heterocycles. The fourth-order valence-corrected chi connectivity index (χ4v) is 17.7. The maximum atomic E-state index is 15.1. The summed E-state index contributed by atoms with van der Waals surface area (Å²) >= 11 is 0. The van der Waals surface area contributed by atoms with Gasteiger partial charge in [-0.05, 0) is 77.0 Å². The highest BCUT2D eigenvalue weighted by Gasteiger charge is 2.53. The topological polar surface area (TPSA) is 339 Å². The van der Waals surface area contributed by atoms with Crippen LogP contribution < -0.4 is 10.6 Å². The number of nitrogens with one attached hydrogen (secondary N) is 2. The standard InChI is InChI=1S/C101H189N2O21P/c1-8-14-20-26-32-38-40-42-44-50-56-62-68-74-90(109)118-84(72-66-60-54-48-36-30-24-18-12-5)78-89(108)103-94-98(123-93(112)79-85(73-67-61-55-49-37-31-25-19-13-6)119-91(110)75-69-63-57-51-45-43-41-39-33-27-21-15-9-2)96(113)86(80-104)120-100(94)117-81-87-97(114)99(122-92(111)77-83(106)71-65-59-53-47-35-29-23-17-11-4)95(101(121-87)124-125(7,115)116)102-88(107)76-82(105)70-64-58-52-46-34-28-22-16-10-3/h38,40,82-87,94-101,104-106,113-114H,8-37,39,41-81H2,1-7H3,(H,102,107)(H,103,108)(H,115,116)/b40-38-/t82?,83?,84?,85?,86?,87?,94?,95?,96-,97-,98-,99-,100-,101?/m1/s1. The third kappa shape index (κ3) is 64.0. The molecule has 0 spiro atoms. The first-order valence-electron chi connectivity index (χ1n) is 51.9. The molecule has 0 bridgehead atoms. The normalized spacial score (nSPS) is 20.6. The van der Waals surface area contributed by atoms with Gasteiger partial charge in [0.15, 0.2) is 24.8 Å². The zero-order chi connectivity index (χ0) is 91.4. The van der Waals surface area contributed by atoms with Crippen LogP contribution in [0.4, 0.5) is 0 Å². The summed E-state index contributed by atoms with van der Waals surface area (Å²) in [5.74, 6) is -4.30. The highest BCUT2D eigenvalue weighted by atomic mass is 31.2. The maximum Gasteiger partial charge on any atom is 0.327 e. The van der Waals surface area contributed by atoms with Gasteiger partial charge >= 0.3 is 31.5 Å². The van der Waals surface area contributed by atoms with Crippen molar-refractivity contribution >= 4 is 43.3 Å². The predicted octanol–water partition coefficient (Wildman–Crippen LogP) is 23.3. The molecule has 23 nitrogen and oxygen atoms in total. The molecule has 15 atom stereocenters. The Morgan fingerprint density at radius 3 is 1.02 bits per heavy atom.